The van der Waals surface area contributed by atoms with Gasteiger partial charge in [-0.3, -0.25) is 9.69 Å². The SMILES string of the molecule is Cc1cc(C)c(NC(=O)CN2CCN(S(C)(=O)=O)CC2)c(C)c1. The number of nitrogens with one attached hydrogen (secondary N) is 1. The first-order valence-corrected chi connectivity index (χ1v) is 9.57. The molecule has 1 heterocycles. The van der Waals surface area contributed by atoms with Gasteiger partial charge in [-0.1, -0.05) is 17.7 Å². The number of anilines is 1. The fourth-order valence-electron chi connectivity index (χ4n) is 2.98. The number of carbonyl (C=O) groups excluding carboxylic acids is 1. The van der Waals surface area contributed by atoms with Crippen molar-refractivity contribution in [2.45, 2.75) is 20.8 Å². The lowest BCUT2D eigenvalue weighted by Crippen LogP contribution is -2.50. The first-order valence-electron chi connectivity index (χ1n) is 7.72. The standard InChI is InChI=1S/C16H25N3O3S/c1-12-9-13(2)16(14(3)10-12)17-15(20)11-18-5-7-19(8-6-18)23(4,21)22/h9-10H,5-8,11H2,1-4H3,(H,17,20). The van der Waals surface area contributed by atoms with Gasteiger partial charge in [-0.15, -0.1) is 0 Å². The first-order chi connectivity index (χ1) is 10.7. The van der Waals surface area contributed by atoms with Crippen LogP contribution in [0.1, 0.15) is 16.7 Å². The highest BCUT2D eigenvalue weighted by atomic mass is 32.2. The van der Waals surface area contributed by atoms with E-state index in [1.54, 1.807) is 0 Å². The van der Waals surface area contributed by atoms with E-state index in [4.69, 9.17) is 0 Å². The van der Waals surface area contributed by atoms with Gasteiger partial charge in [0.2, 0.25) is 15.9 Å². The van der Waals surface area contributed by atoms with Gasteiger partial charge >= 0.3 is 0 Å². The van der Waals surface area contributed by atoms with Crippen molar-refractivity contribution >= 4 is 21.6 Å². The van der Waals surface area contributed by atoms with Crippen LogP contribution in [0.5, 0.6) is 0 Å². The summed E-state index contributed by atoms with van der Waals surface area (Å²) in [5.74, 6) is -0.0622. The number of hydrogen-bond acceptors (Lipinski definition) is 4. The Labute approximate surface area is 138 Å². The molecule has 0 aliphatic carbocycles. The summed E-state index contributed by atoms with van der Waals surface area (Å²) >= 11 is 0. The zero-order chi connectivity index (χ0) is 17.2. The van der Waals surface area contributed by atoms with E-state index >= 15 is 0 Å². The molecule has 0 spiro atoms. The van der Waals surface area contributed by atoms with E-state index in [2.05, 4.69) is 5.32 Å². The summed E-state index contributed by atoms with van der Waals surface area (Å²) in [6, 6.07) is 4.10. The summed E-state index contributed by atoms with van der Waals surface area (Å²) in [5, 5.41) is 2.98. The Morgan fingerprint density at radius 1 is 1.09 bits per heavy atom. The van der Waals surface area contributed by atoms with Crippen molar-refractivity contribution in [2.24, 2.45) is 0 Å². The maximum Gasteiger partial charge on any atom is 0.238 e. The van der Waals surface area contributed by atoms with E-state index < -0.39 is 10.0 Å². The largest absolute Gasteiger partial charge is 0.324 e. The van der Waals surface area contributed by atoms with Crippen molar-refractivity contribution in [1.29, 1.82) is 0 Å². The zero-order valence-corrected chi connectivity index (χ0v) is 15.0. The van der Waals surface area contributed by atoms with E-state index in [1.807, 2.05) is 37.8 Å². The number of hydrogen-bond donors (Lipinski definition) is 1. The minimum absolute atomic E-state index is 0.0622. The van der Waals surface area contributed by atoms with Crippen LogP contribution in [0.3, 0.4) is 0 Å². The number of benzene rings is 1. The lowest BCUT2D eigenvalue weighted by atomic mass is 10.1. The van der Waals surface area contributed by atoms with E-state index in [9.17, 15) is 13.2 Å². The number of piperazine rings is 1. The smallest absolute Gasteiger partial charge is 0.238 e. The normalized spacial score (nSPS) is 17.2. The van der Waals surface area contributed by atoms with Gasteiger partial charge in [0, 0.05) is 31.9 Å². The molecule has 23 heavy (non-hydrogen) atoms. The van der Waals surface area contributed by atoms with E-state index in [-0.39, 0.29) is 12.5 Å². The third-order valence-electron chi connectivity index (χ3n) is 4.11. The molecule has 2 rings (SSSR count). The molecule has 0 atom stereocenters. The Balaban J connectivity index is 1.92. The molecule has 0 bridgehead atoms. The van der Waals surface area contributed by atoms with Crippen LogP contribution in [0.2, 0.25) is 0 Å². The molecule has 1 fully saturated rings. The summed E-state index contributed by atoms with van der Waals surface area (Å²) in [5.41, 5.74) is 4.15. The summed E-state index contributed by atoms with van der Waals surface area (Å²) < 4.78 is 24.4. The van der Waals surface area contributed by atoms with E-state index in [0.29, 0.717) is 26.2 Å². The van der Waals surface area contributed by atoms with Crippen LogP contribution in [-0.2, 0) is 14.8 Å². The van der Waals surface area contributed by atoms with Crippen LogP contribution in [0.15, 0.2) is 12.1 Å². The molecule has 6 nitrogen and oxygen atoms in total. The maximum absolute atomic E-state index is 12.3. The topological polar surface area (TPSA) is 69.7 Å². The van der Waals surface area contributed by atoms with Crippen molar-refractivity contribution in [3.63, 3.8) is 0 Å². The average Bonchev–Trinajstić information content (AvgIpc) is 2.42. The molecule has 1 saturated heterocycles. The lowest BCUT2D eigenvalue weighted by Gasteiger charge is -2.32. The van der Waals surface area contributed by atoms with Gasteiger partial charge in [-0.05, 0) is 31.9 Å². The molecule has 0 aromatic heterocycles. The summed E-state index contributed by atoms with van der Waals surface area (Å²) in [6.07, 6.45) is 1.22. The van der Waals surface area contributed by atoms with Crippen LogP contribution < -0.4 is 5.32 Å². The highest BCUT2D eigenvalue weighted by Gasteiger charge is 2.24. The van der Waals surface area contributed by atoms with Gasteiger partial charge in [0.15, 0.2) is 0 Å². The van der Waals surface area contributed by atoms with Crippen molar-refractivity contribution in [1.82, 2.24) is 9.21 Å². The van der Waals surface area contributed by atoms with Gasteiger partial charge in [-0.2, -0.15) is 4.31 Å². The maximum atomic E-state index is 12.3. The number of nitrogens with zero attached hydrogens (tertiary/aromatic N) is 2. The molecule has 1 aliphatic heterocycles. The Morgan fingerprint density at radius 3 is 2.09 bits per heavy atom. The molecular weight excluding hydrogens is 314 g/mol. The average molecular weight is 339 g/mol. The number of amides is 1. The molecule has 0 radical (unpaired) electrons. The molecule has 0 unspecified atom stereocenters. The molecule has 1 aliphatic rings. The fourth-order valence-corrected chi connectivity index (χ4v) is 3.81. The Morgan fingerprint density at radius 2 is 1.61 bits per heavy atom. The molecule has 1 aromatic carbocycles. The van der Waals surface area contributed by atoms with E-state index in [0.717, 1.165) is 16.8 Å². The van der Waals surface area contributed by atoms with Crippen LogP contribution in [0, 0.1) is 20.8 Å². The number of carbonyl (C=O) groups is 1. The highest BCUT2D eigenvalue weighted by molar-refractivity contribution is 7.88. The monoisotopic (exact) mass is 339 g/mol. The Kier molecular flexibility index (Phi) is 5.44. The van der Waals surface area contributed by atoms with Crippen molar-refractivity contribution in [3.8, 4) is 0 Å². The minimum atomic E-state index is -3.14. The van der Waals surface area contributed by atoms with Gasteiger partial charge in [-0.25, -0.2) is 8.42 Å². The van der Waals surface area contributed by atoms with Crippen molar-refractivity contribution < 1.29 is 13.2 Å². The number of rotatable bonds is 4. The van der Waals surface area contributed by atoms with Gasteiger partial charge < -0.3 is 5.32 Å². The quantitative estimate of drug-likeness (QED) is 0.893. The predicted octanol–water partition coefficient (Wildman–Crippen LogP) is 1.13. The molecule has 1 amide bonds. The number of sulfonamides is 1. The molecule has 0 saturated carbocycles. The molecule has 7 heteroatoms. The second-order valence-electron chi connectivity index (χ2n) is 6.26. The Hall–Kier alpha value is -1.44. The van der Waals surface area contributed by atoms with Gasteiger partial charge in [0.25, 0.3) is 0 Å². The summed E-state index contributed by atoms with van der Waals surface area (Å²) in [6.45, 7) is 8.32. The second kappa shape index (κ2) is 6.98. The molecule has 1 aromatic rings. The molecule has 1 N–H and O–H groups in total. The lowest BCUT2D eigenvalue weighted by molar-refractivity contribution is -0.117. The third-order valence-corrected chi connectivity index (χ3v) is 5.41. The highest BCUT2D eigenvalue weighted by Crippen LogP contribution is 2.21. The zero-order valence-electron chi connectivity index (χ0n) is 14.2. The molecule has 128 valence electrons. The van der Waals surface area contributed by atoms with E-state index in [1.165, 1.54) is 16.1 Å². The first kappa shape index (κ1) is 17.9. The predicted molar refractivity (Wildman–Crippen MR) is 92.1 cm³/mol. The molecular formula is C16H25N3O3S. The third kappa shape index (κ3) is 4.76. The second-order valence-corrected chi connectivity index (χ2v) is 8.24. The Bertz CT molecular complexity index is 670. The fraction of sp³-hybridized carbons (Fsp3) is 0.562. The van der Waals surface area contributed by atoms with Gasteiger partial charge in [0.1, 0.15) is 0 Å². The summed E-state index contributed by atoms with van der Waals surface area (Å²) in [4.78, 5) is 14.2. The minimum Gasteiger partial charge on any atom is -0.324 e. The van der Waals surface area contributed by atoms with Crippen LogP contribution in [0.25, 0.3) is 0 Å². The van der Waals surface area contributed by atoms with Crippen LogP contribution in [0.4, 0.5) is 5.69 Å². The van der Waals surface area contributed by atoms with Gasteiger partial charge in [0.05, 0.1) is 12.8 Å². The number of aryl methyl sites for hydroxylation is 3. The van der Waals surface area contributed by atoms with Crippen LogP contribution in [-0.4, -0.2) is 62.5 Å². The summed E-state index contributed by atoms with van der Waals surface area (Å²) in [7, 11) is -3.14. The van der Waals surface area contributed by atoms with Crippen LogP contribution >= 0.6 is 0 Å². The van der Waals surface area contributed by atoms with Crippen molar-refractivity contribution in [3.05, 3.63) is 28.8 Å². The van der Waals surface area contributed by atoms with Crippen molar-refractivity contribution in [2.75, 3.05) is 44.3 Å².